The number of nitrogens with one attached hydrogen (secondary N) is 2. The molecule has 0 saturated carbocycles. The van der Waals surface area contributed by atoms with Gasteiger partial charge in [0.15, 0.2) is 0 Å². The van der Waals surface area contributed by atoms with E-state index in [0.717, 1.165) is 16.7 Å². The molecule has 3 nitrogen and oxygen atoms in total. The Labute approximate surface area is 84.6 Å². The first-order valence-electron chi connectivity index (χ1n) is 4.93. The Balaban J connectivity index is 0.000000461. The standard InChI is InChI=1S/C9H11N3.C2H6/c1-6-3-8-9(12-5-11-8)4-7(6)10-2;1-2/h3-5,10H,1-2H3,(H,11,12);1-2H3. The van der Waals surface area contributed by atoms with E-state index in [2.05, 4.69) is 28.3 Å². The minimum atomic E-state index is 1.00. The van der Waals surface area contributed by atoms with Gasteiger partial charge in [0.05, 0.1) is 17.4 Å². The van der Waals surface area contributed by atoms with Crippen LogP contribution in [0.3, 0.4) is 0 Å². The highest BCUT2D eigenvalue weighted by molar-refractivity contribution is 5.80. The molecule has 1 heterocycles. The molecular formula is C11H17N3. The van der Waals surface area contributed by atoms with Crippen LogP contribution in [-0.4, -0.2) is 17.0 Å². The molecule has 0 aliphatic carbocycles. The van der Waals surface area contributed by atoms with Crippen LogP contribution in [0.5, 0.6) is 0 Å². The number of anilines is 1. The van der Waals surface area contributed by atoms with E-state index in [1.54, 1.807) is 6.33 Å². The molecule has 0 aliphatic rings. The van der Waals surface area contributed by atoms with Crippen LogP contribution in [0.2, 0.25) is 0 Å². The molecule has 76 valence electrons. The minimum Gasteiger partial charge on any atom is -0.388 e. The van der Waals surface area contributed by atoms with E-state index >= 15 is 0 Å². The Morgan fingerprint density at radius 2 is 2.00 bits per heavy atom. The summed E-state index contributed by atoms with van der Waals surface area (Å²) in [5.41, 5.74) is 4.46. The third kappa shape index (κ3) is 1.87. The third-order valence-corrected chi connectivity index (χ3v) is 2.04. The maximum absolute atomic E-state index is 4.17. The van der Waals surface area contributed by atoms with Crippen molar-refractivity contribution in [2.45, 2.75) is 20.8 Å². The van der Waals surface area contributed by atoms with Crippen LogP contribution in [0, 0.1) is 6.92 Å². The number of hydrogen-bond acceptors (Lipinski definition) is 2. The van der Waals surface area contributed by atoms with E-state index in [4.69, 9.17) is 0 Å². The minimum absolute atomic E-state index is 1.00. The fourth-order valence-electron chi connectivity index (χ4n) is 1.36. The lowest BCUT2D eigenvalue weighted by atomic mass is 10.2. The molecule has 2 aromatic rings. The van der Waals surface area contributed by atoms with Crippen LogP contribution >= 0.6 is 0 Å². The van der Waals surface area contributed by atoms with Crippen molar-refractivity contribution < 1.29 is 0 Å². The van der Waals surface area contributed by atoms with E-state index in [-0.39, 0.29) is 0 Å². The van der Waals surface area contributed by atoms with Crippen LogP contribution in [-0.2, 0) is 0 Å². The second-order valence-electron chi connectivity index (χ2n) is 2.84. The number of aromatic nitrogens is 2. The number of aromatic amines is 1. The highest BCUT2D eigenvalue weighted by Gasteiger charge is 2.00. The van der Waals surface area contributed by atoms with E-state index < -0.39 is 0 Å². The van der Waals surface area contributed by atoms with Crippen molar-refractivity contribution in [1.29, 1.82) is 0 Å². The number of nitrogens with zero attached hydrogens (tertiary/aromatic N) is 1. The van der Waals surface area contributed by atoms with Gasteiger partial charge >= 0.3 is 0 Å². The Kier molecular flexibility index (Phi) is 3.51. The summed E-state index contributed by atoms with van der Waals surface area (Å²) in [6, 6.07) is 4.13. The van der Waals surface area contributed by atoms with Gasteiger partial charge in [0.2, 0.25) is 0 Å². The lowest BCUT2D eigenvalue weighted by molar-refractivity contribution is 1.34. The number of imidazole rings is 1. The molecule has 0 bridgehead atoms. The summed E-state index contributed by atoms with van der Waals surface area (Å²) in [5, 5.41) is 3.12. The van der Waals surface area contributed by atoms with Gasteiger partial charge in [0.1, 0.15) is 0 Å². The fourth-order valence-corrected chi connectivity index (χ4v) is 1.36. The number of aryl methyl sites for hydroxylation is 1. The van der Waals surface area contributed by atoms with Crippen molar-refractivity contribution in [2.75, 3.05) is 12.4 Å². The summed E-state index contributed by atoms with van der Waals surface area (Å²) in [6.45, 7) is 6.08. The molecule has 0 saturated heterocycles. The monoisotopic (exact) mass is 191 g/mol. The predicted molar refractivity (Wildman–Crippen MR) is 61.7 cm³/mol. The Morgan fingerprint density at radius 1 is 1.29 bits per heavy atom. The van der Waals surface area contributed by atoms with Crippen molar-refractivity contribution in [3.63, 3.8) is 0 Å². The first-order valence-corrected chi connectivity index (χ1v) is 4.93. The third-order valence-electron chi connectivity index (χ3n) is 2.04. The van der Waals surface area contributed by atoms with Gasteiger partial charge in [0, 0.05) is 12.7 Å². The summed E-state index contributed by atoms with van der Waals surface area (Å²) < 4.78 is 0. The first-order chi connectivity index (χ1) is 6.81. The summed E-state index contributed by atoms with van der Waals surface area (Å²) in [4.78, 5) is 7.25. The molecule has 0 amide bonds. The smallest absolute Gasteiger partial charge is 0.0931 e. The number of H-pyrrole nitrogens is 1. The molecular weight excluding hydrogens is 174 g/mol. The van der Waals surface area contributed by atoms with Gasteiger partial charge in [-0.1, -0.05) is 13.8 Å². The zero-order valence-corrected chi connectivity index (χ0v) is 9.18. The van der Waals surface area contributed by atoms with Crippen molar-refractivity contribution in [2.24, 2.45) is 0 Å². The largest absolute Gasteiger partial charge is 0.388 e. The molecule has 0 spiro atoms. The highest BCUT2D eigenvalue weighted by Crippen LogP contribution is 2.20. The normalized spacial score (nSPS) is 9.43. The quantitative estimate of drug-likeness (QED) is 0.727. The van der Waals surface area contributed by atoms with Gasteiger partial charge in [-0.25, -0.2) is 4.98 Å². The maximum atomic E-state index is 4.17. The van der Waals surface area contributed by atoms with E-state index in [9.17, 15) is 0 Å². The molecule has 0 atom stereocenters. The first kappa shape index (κ1) is 10.6. The summed E-state index contributed by atoms with van der Waals surface area (Å²) in [6.07, 6.45) is 1.71. The average Bonchev–Trinajstić information content (AvgIpc) is 2.66. The molecule has 0 aliphatic heterocycles. The van der Waals surface area contributed by atoms with Crippen LogP contribution in [0.25, 0.3) is 11.0 Å². The van der Waals surface area contributed by atoms with E-state index in [0.29, 0.717) is 0 Å². The van der Waals surface area contributed by atoms with E-state index in [1.165, 1.54) is 5.56 Å². The Bertz CT molecular complexity index is 404. The second kappa shape index (κ2) is 4.65. The van der Waals surface area contributed by atoms with Crippen LogP contribution < -0.4 is 5.32 Å². The van der Waals surface area contributed by atoms with Crippen LogP contribution in [0.1, 0.15) is 19.4 Å². The summed E-state index contributed by atoms with van der Waals surface area (Å²) >= 11 is 0. The number of rotatable bonds is 1. The van der Waals surface area contributed by atoms with Crippen LogP contribution in [0.4, 0.5) is 5.69 Å². The zero-order chi connectivity index (χ0) is 10.6. The van der Waals surface area contributed by atoms with Gasteiger partial charge in [-0.3, -0.25) is 0 Å². The number of benzene rings is 1. The van der Waals surface area contributed by atoms with Crippen LogP contribution in [0.15, 0.2) is 18.5 Å². The highest BCUT2D eigenvalue weighted by atomic mass is 14.9. The molecule has 2 rings (SSSR count). The Morgan fingerprint density at radius 3 is 2.64 bits per heavy atom. The van der Waals surface area contributed by atoms with Gasteiger partial charge in [-0.15, -0.1) is 0 Å². The number of fused-ring (bicyclic) bond motifs is 1. The average molecular weight is 191 g/mol. The topological polar surface area (TPSA) is 40.7 Å². The molecule has 1 aromatic carbocycles. The van der Waals surface area contributed by atoms with Crippen molar-refractivity contribution >= 4 is 16.7 Å². The van der Waals surface area contributed by atoms with E-state index in [1.807, 2.05) is 27.0 Å². The molecule has 2 N–H and O–H groups in total. The van der Waals surface area contributed by atoms with Crippen molar-refractivity contribution in [1.82, 2.24) is 9.97 Å². The van der Waals surface area contributed by atoms with Crippen molar-refractivity contribution in [3.8, 4) is 0 Å². The van der Waals surface area contributed by atoms with Crippen molar-refractivity contribution in [3.05, 3.63) is 24.0 Å². The van der Waals surface area contributed by atoms with Gasteiger partial charge in [-0.05, 0) is 24.6 Å². The van der Waals surface area contributed by atoms with Gasteiger partial charge < -0.3 is 10.3 Å². The molecule has 0 fully saturated rings. The molecule has 3 heteroatoms. The molecule has 0 radical (unpaired) electrons. The zero-order valence-electron chi connectivity index (χ0n) is 9.18. The SMILES string of the molecule is CC.CNc1cc2nc[nH]c2cc1C. The molecule has 14 heavy (non-hydrogen) atoms. The number of hydrogen-bond donors (Lipinski definition) is 2. The predicted octanol–water partition coefficient (Wildman–Crippen LogP) is 2.94. The summed E-state index contributed by atoms with van der Waals surface area (Å²) in [5.74, 6) is 0. The van der Waals surface area contributed by atoms with Gasteiger partial charge in [0.25, 0.3) is 0 Å². The lowest BCUT2D eigenvalue weighted by Gasteiger charge is -2.03. The molecule has 0 unspecified atom stereocenters. The molecule has 1 aromatic heterocycles. The lowest BCUT2D eigenvalue weighted by Crippen LogP contribution is -1.90. The van der Waals surface area contributed by atoms with Gasteiger partial charge in [-0.2, -0.15) is 0 Å². The summed E-state index contributed by atoms with van der Waals surface area (Å²) in [7, 11) is 1.92. The Hall–Kier alpha value is -1.51. The second-order valence-corrected chi connectivity index (χ2v) is 2.84. The fraction of sp³-hybridized carbons (Fsp3) is 0.364. The maximum Gasteiger partial charge on any atom is 0.0931 e.